The van der Waals surface area contributed by atoms with Gasteiger partial charge in [0.15, 0.2) is 0 Å². The molecule has 0 radical (unpaired) electrons. The van der Waals surface area contributed by atoms with Crippen LogP contribution in [0.25, 0.3) is 0 Å². The molecule has 0 saturated carbocycles. The summed E-state index contributed by atoms with van der Waals surface area (Å²) in [5.74, 6) is -1.50. The molecule has 3 amide bonds. The molecular formula is C28H36N4O8. The van der Waals surface area contributed by atoms with Crippen LogP contribution in [0.5, 0.6) is 0 Å². The Labute approximate surface area is 233 Å². The standard InChI is InChI=1S/C28H36N4O8/c1-27(2,3)40-26(37)32-28(4,22(33)34)16-11-17-29-23(30-24(35)38-18-20-12-7-5-8-13-20)31-25(36)39-19-21-14-9-6-10-15-21/h5-10,12-15H,11,16-19H2,1-4H3,(H,32,37)(H,33,34)(H2,29,30,31,35,36)/t28-/m0/s1. The molecule has 0 unspecified atom stereocenters. The summed E-state index contributed by atoms with van der Waals surface area (Å²) >= 11 is 0. The Kier molecular flexibility index (Phi) is 11.9. The van der Waals surface area contributed by atoms with Crippen LogP contribution in [0.1, 0.15) is 51.7 Å². The number of carbonyl (C=O) groups excluding carboxylic acids is 3. The zero-order chi connectivity index (χ0) is 29.6. The van der Waals surface area contributed by atoms with E-state index in [0.29, 0.717) is 0 Å². The van der Waals surface area contributed by atoms with E-state index in [1.165, 1.54) is 6.92 Å². The van der Waals surface area contributed by atoms with E-state index in [4.69, 9.17) is 14.2 Å². The predicted molar refractivity (Wildman–Crippen MR) is 146 cm³/mol. The molecule has 12 heteroatoms. The first-order valence-corrected chi connectivity index (χ1v) is 12.6. The molecule has 0 aromatic heterocycles. The van der Waals surface area contributed by atoms with Crippen molar-refractivity contribution in [1.82, 2.24) is 16.0 Å². The van der Waals surface area contributed by atoms with E-state index < -0.39 is 35.4 Å². The maximum absolute atomic E-state index is 12.4. The highest BCUT2D eigenvalue weighted by molar-refractivity contribution is 6.01. The van der Waals surface area contributed by atoms with Crippen LogP contribution in [0, 0.1) is 0 Å². The van der Waals surface area contributed by atoms with E-state index in [1.54, 1.807) is 69.3 Å². The Morgan fingerprint density at radius 2 is 1.25 bits per heavy atom. The molecule has 0 fully saturated rings. The van der Waals surface area contributed by atoms with Crippen LogP contribution < -0.4 is 16.0 Å². The van der Waals surface area contributed by atoms with Crippen LogP contribution in [-0.4, -0.2) is 53.0 Å². The van der Waals surface area contributed by atoms with Crippen LogP contribution >= 0.6 is 0 Å². The Morgan fingerprint density at radius 3 is 1.68 bits per heavy atom. The first kappa shape index (κ1) is 31.6. The van der Waals surface area contributed by atoms with E-state index in [-0.39, 0.29) is 38.6 Å². The number of alkyl carbamates (subject to hydrolysis) is 3. The number of aliphatic imine (C=N–C) groups is 1. The Bertz CT molecular complexity index is 1110. The molecule has 40 heavy (non-hydrogen) atoms. The fourth-order valence-corrected chi connectivity index (χ4v) is 3.20. The number of nitrogens with zero attached hydrogens (tertiary/aromatic N) is 1. The summed E-state index contributed by atoms with van der Waals surface area (Å²) in [5, 5.41) is 16.8. The summed E-state index contributed by atoms with van der Waals surface area (Å²) in [5.41, 5.74) is -0.916. The Hall–Kier alpha value is -4.61. The van der Waals surface area contributed by atoms with Gasteiger partial charge in [-0.25, -0.2) is 19.2 Å². The third-order valence-electron chi connectivity index (χ3n) is 5.22. The van der Waals surface area contributed by atoms with E-state index >= 15 is 0 Å². The topological polar surface area (TPSA) is 165 Å². The predicted octanol–water partition coefficient (Wildman–Crippen LogP) is 4.34. The van der Waals surface area contributed by atoms with Crippen molar-refractivity contribution in [1.29, 1.82) is 0 Å². The first-order chi connectivity index (χ1) is 18.9. The number of amides is 3. The molecule has 0 heterocycles. The molecule has 0 spiro atoms. The third-order valence-corrected chi connectivity index (χ3v) is 5.22. The quantitative estimate of drug-likeness (QED) is 0.145. The maximum Gasteiger partial charge on any atom is 0.414 e. The summed E-state index contributed by atoms with van der Waals surface area (Å²) in [6, 6.07) is 18.0. The summed E-state index contributed by atoms with van der Waals surface area (Å²) in [6.07, 6.45) is -2.45. The van der Waals surface area contributed by atoms with E-state index in [9.17, 15) is 24.3 Å². The largest absolute Gasteiger partial charge is 0.480 e. The van der Waals surface area contributed by atoms with Gasteiger partial charge in [0.2, 0.25) is 5.96 Å². The molecule has 216 valence electrons. The van der Waals surface area contributed by atoms with Crippen LogP contribution in [0.3, 0.4) is 0 Å². The minimum Gasteiger partial charge on any atom is -0.480 e. The van der Waals surface area contributed by atoms with Gasteiger partial charge in [-0.05, 0) is 51.7 Å². The molecule has 2 aromatic carbocycles. The van der Waals surface area contributed by atoms with Crippen molar-refractivity contribution in [2.75, 3.05) is 6.54 Å². The van der Waals surface area contributed by atoms with Gasteiger partial charge in [-0.1, -0.05) is 60.7 Å². The molecule has 0 aliphatic rings. The SMILES string of the molecule is CC(C)(C)OC(=O)N[C@@](C)(CCCN=C(NC(=O)OCc1ccccc1)NC(=O)OCc1ccccc1)C(=O)O. The number of ether oxygens (including phenoxy) is 3. The van der Waals surface area contributed by atoms with Crippen LogP contribution in [0.2, 0.25) is 0 Å². The van der Waals surface area contributed by atoms with Crippen molar-refractivity contribution in [3.05, 3.63) is 71.8 Å². The highest BCUT2D eigenvalue weighted by Gasteiger charge is 2.35. The third kappa shape index (κ3) is 12.3. The normalized spacial score (nSPS) is 12.2. The second kappa shape index (κ2) is 15.1. The summed E-state index contributed by atoms with van der Waals surface area (Å²) < 4.78 is 15.5. The number of nitrogens with one attached hydrogen (secondary N) is 3. The summed E-state index contributed by atoms with van der Waals surface area (Å²) in [6.45, 7) is 6.32. The van der Waals surface area contributed by atoms with E-state index in [2.05, 4.69) is 20.9 Å². The van der Waals surface area contributed by atoms with Crippen molar-refractivity contribution < 1.29 is 38.5 Å². The number of hydrogen-bond acceptors (Lipinski definition) is 8. The maximum atomic E-state index is 12.4. The van der Waals surface area contributed by atoms with Gasteiger partial charge in [-0.3, -0.25) is 15.6 Å². The highest BCUT2D eigenvalue weighted by Crippen LogP contribution is 2.15. The minimum atomic E-state index is -1.64. The molecule has 2 aromatic rings. The minimum absolute atomic E-state index is 0.00781. The van der Waals surface area contributed by atoms with Gasteiger partial charge in [0.1, 0.15) is 24.4 Å². The van der Waals surface area contributed by atoms with Crippen molar-refractivity contribution in [3.63, 3.8) is 0 Å². The van der Waals surface area contributed by atoms with E-state index in [1.807, 2.05) is 12.1 Å². The van der Waals surface area contributed by atoms with Crippen molar-refractivity contribution in [3.8, 4) is 0 Å². The van der Waals surface area contributed by atoms with Gasteiger partial charge < -0.3 is 24.6 Å². The molecular weight excluding hydrogens is 520 g/mol. The molecule has 1 atom stereocenters. The molecule has 2 rings (SSSR count). The lowest BCUT2D eigenvalue weighted by Gasteiger charge is -2.28. The molecule has 12 nitrogen and oxygen atoms in total. The lowest BCUT2D eigenvalue weighted by Crippen LogP contribution is -2.53. The average molecular weight is 557 g/mol. The van der Waals surface area contributed by atoms with Gasteiger partial charge >= 0.3 is 24.2 Å². The molecule has 0 aliphatic carbocycles. The summed E-state index contributed by atoms with van der Waals surface area (Å²) in [4.78, 5) is 52.9. The van der Waals surface area contributed by atoms with Crippen molar-refractivity contribution in [2.45, 2.75) is 64.9 Å². The lowest BCUT2D eigenvalue weighted by molar-refractivity contribution is -0.144. The number of carboxylic acids is 1. The number of guanidine groups is 1. The zero-order valence-electron chi connectivity index (χ0n) is 23.1. The number of aliphatic carboxylic acids is 1. The number of carbonyl (C=O) groups is 4. The molecule has 0 bridgehead atoms. The van der Waals surface area contributed by atoms with Crippen LogP contribution in [0.4, 0.5) is 14.4 Å². The smallest absolute Gasteiger partial charge is 0.414 e. The average Bonchev–Trinajstić information content (AvgIpc) is 2.88. The fraction of sp³-hybridized carbons (Fsp3) is 0.393. The Balaban J connectivity index is 2.01. The summed E-state index contributed by atoms with van der Waals surface area (Å²) in [7, 11) is 0. The van der Waals surface area contributed by atoms with Gasteiger partial charge in [-0.2, -0.15) is 0 Å². The van der Waals surface area contributed by atoms with Gasteiger partial charge in [0.05, 0.1) is 0 Å². The monoisotopic (exact) mass is 556 g/mol. The molecule has 0 saturated heterocycles. The van der Waals surface area contributed by atoms with E-state index in [0.717, 1.165) is 11.1 Å². The lowest BCUT2D eigenvalue weighted by atomic mass is 9.96. The number of carboxylic acid groups (broad SMARTS) is 1. The first-order valence-electron chi connectivity index (χ1n) is 12.6. The Morgan fingerprint density at radius 1 is 0.775 bits per heavy atom. The van der Waals surface area contributed by atoms with Crippen molar-refractivity contribution >= 4 is 30.2 Å². The highest BCUT2D eigenvalue weighted by atomic mass is 16.6. The number of hydrogen-bond donors (Lipinski definition) is 4. The number of benzene rings is 2. The molecule has 4 N–H and O–H groups in total. The van der Waals surface area contributed by atoms with Crippen molar-refractivity contribution in [2.24, 2.45) is 4.99 Å². The molecule has 0 aliphatic heterocycles. The van der Waals surface area contributed by atoms with Gasteiger partial charge in [0.25, 0.3) is 0 Å². The fourth-order valence-electron chi connectivity index (χ4n) is 3.20. The van der Waals surface area contributed by atoms with Gasteiger partial charge in [-0.15, -0.1) is 0 Å². The second-order valence-electron chi connectivity index (χ2n) is 9.97. The zero-order valence-corrected chi connectivity index (χ0v) is 23.1. The second-order valence-corrected chi connectivity index (χ2v) is 9.97. The van der Waals surface area contributed by atoms with Gasteiger partial charge in [0, 0.05) is 6.54 Å². The number of rotatable bonds is 10. The van der Waals surface area contributed by atoms with Crippen LogP contribution in [0.15, 0.2) is 65.7 Å². The van der Waals surface area contributed by atoms with Crippen LogP contribution in [-0.2, 0) is 32.2 Å².